The van der Waals surface area contributed by atoms with Crippen LogP contribution in [0.5, 0.6) is 11.5 Å². The minimum atomic E-state index is -3.86. The molecule has 10 heteroatoms. The van der Waals surface area contributed by atoms with E-state index in [-0.39, 0.29) is 11.3 Å². The van der Waals surface area contributed by atoms with Gasteiger partial charge in [0.15, 0.2) is 0 Å². The molecule has 3 aromatic rings. The monoisotopic (exact) mass is 559 g/mol. The van der Waals surface area contributed by atoms with Gasteiger partial charge in [-0.05, 0) is 46.6 Å². The molecule has 3 aromatic carbocycles. The molecule has 8 nitrogen and oxygen atoms in total. The lowest BCUT2D eigenvalue weighted by atomic mass is 10.0. The Morgan fingerprint density at radius 1 is 1.03 bits per heavy atom. The van der Waals surface area contributed by atoms with Crippen LogP contribution in [-0.2, 0) is 14.8 Å². The van der Waals surface area contributed by atoms with Gasteiger partial charge in [-0.1, -0.05) is 48.0 Å². The number of sulfonamides is 1. The Labute approximate surface area is 213 Å². The van der Waals surface area contributed by atoms with Crippen molar-refractivity contribution < 1.29 is 22.7 Å². The predicted molar refractivity (Wildman–Crippen MR) is 138 cm³/mol. The van der Waals surface area contributed by atoms with Gasteiger partial charge in [0.25, 0.3) is 0 Å². The number of hydrogen-bond acceptors (Lipinski definition) is 6. The van der Waals surface area contributed by atoms with Crippen molar-refractivity contribution >= 4 is 38.1 Å². The SMILES string of the molecule is COc1cc(OC)c(/C=N\NC(=O)C[C@@H](NS(=O)(=O)c2ccc(C)cc2)c2ccccc2)cc1Br. The number of nitrogens with one attached hydrogen (secondary N) is 2. The van der Waals surface area contributed by atoms with Crippen molar-refractivity contribution in [2.45, 2.75) is 24.3 Å². The van der Waals surface area contributed by atoms with Crippen LogP contribution in [0.2, 0.25) is 0 Å². The molecule has 1 atom stereocenters. The van der Waals surface area contributed by atoms with E-state index in [1.807, 2.05) is 13.0 Å². The molecule has 0 heterocycles. The van der Waals surface area contributed by atoms with E-state index in [0.717, 1.165) is 5.56 Å². The second kappa shape index (κ2) is 12.0. The zero-order chi connectivity index (χ0) is 25.4. The maximum atomic E-state index is 13.0. The summed E-state index contributed by atoms with van der Waals surface area (Å²) < 4.78 is 39.9. The van der Waals surface area contributed by atoms with Gasteiger partial charge in [0.05, 0.1) is 35.8 Å². The number of methoxy groups -OCH3 is 2. The Balaban J connectivity index is 1.76. The molecule has 0 unspecified atom stereocenters. The van der Waals surface area contributed by atoms with Crippen molar-refractivity contribution in [1.29, 1.82) is 0 Å². The predicted octanol–water partition coefficient (Wildman–Crippen LogP) is 4.33. The van der Waals surface area contributed by atoms with Gasteiger partial charge in [0, 0.05) is 18.1 Å². The quantitative estimate of drug-likeness (QED) is 0.284. The number of carbonyl (C=O) groups is 1. The van der Waals surface area contributed by atoms with Gasteiger partial charge in [0.1, 0.15) is 11.5 Å². The summed E-state index contributed by atoms with van der Waals surface area (Å²) in [5, 5.41) is 4.01. The lowest BCUT2D eigenvalue weighted by Gasteiger charge is -2.18. The standard InChI is InChI=1S/C25H26BrN3O5S/c1-17-9-11-20(12-10-17)35(31,32)29-22(18-7-5-4-6-8-18)14-25(30)28-27-16-19-13-21(26)24(34-3)15-23(19)33-2/h4-13,15-16,22,29H,14H2,1-3H3,(H,28,30)/b27-16-/t22-/m1/s1. The maximum absolute atomic E-state index is 13.0. The number of amides is 1. The van der Waals surface area contributed by atoms with Gasteiger partial charge in [-0.25, -0.2) is 18.6 Å². The molecule has 0 aliphatic rings. The zero-order valence-corrected chi connectivity index (χ0v) is 21.9. The summed E-state index contributed by atoms with van der Waals surface area (Å²) in [4.78, 5) is 12.8. The van der Waals surface area contributed by atoms with E-state index in [1.54, 1.807) is 55.6 Å². The first kappa shape index (κ1) is 26.4. The molecule has 0 spiro atoms. The number of rotatable bonds is 10. The second-order valence-corrected chi connectivity index (χ2v) is 10.2. The number of halogens is 1. The van der Waals surface area contributed by atoms with Crippen molar-refractivity contribution in [1.82, 2.24) is 10.1 Å². The Kier molecular flexibility index (Phi) is 9.02. The van der Waals surface area contributed by atoms with Crippen LogP contribution in [0.25, 0.3) is 0 Å². The first-order valence-electron chi connectivity index (χ1n) is 10.6. The van der Waals surface area contributed by atoms with Gasteiger partial charge in [-0.15, -0.1) is 0 Å². The average molecular weight is 560 g/mol. The van der Waals surface area contributed by atoms with E-state index in [0.29, 0.717) is 27.1 Å². The molecule has 35 heavy (non-hydrogen) atoms. The summed E-state index contributed by atoms with van der Waals surface area (Å²) in [5.74, 6) is 0.638. The van der Waals surface area contributed by atoms with E-state index < -0.39 is 22.0 Å². The van der Waals surface area contributed by atoms with E-state index in [9.17, 15) is 13.2 Å². The molecule has 0 bridgehead atoms. The third-order valence-corrected chi connectivity index (χ3v) is 7.22. The van der Waals surface area contributed by atoms with Gasteiger partial charge >= 0.3 is 0 Å². The van der Waals surface area contributed by atoms with Crippen LogP contribution in [0.15, 0.2) is 81.2 Å². The third kappa shape index (κ3) is 7.14. The molecular formula is C25H26BrN3O5S. The summed E-state index contributed by atoms with van der Waals surface area (Å²) in [6.45, 7) is 1.88. The number of benzene rings is 3. The van der Waals surface area contributed by atoms with Crippen LogP contribution in [-0.4, -0.2) is 34.8 Å². The van der Waals surface area contributed by atoms with Gasteiger partial charge in [-0.3, -0.25) is 4.79 Å². The molecule has 2 N–H and O–H groups in total. The van der Waals surface area contributed by atoms with Crippen molar-refractivity contribution in [2.24, 2.45) is 5.10 Å². The number of hydrazone groups is 1. The number of carbonyl (C=O) groups excluding carboxylic acids is 1. The van der Waals surface area contributed by atoms with Crippen molar-refractivity contribution in [3.63, 3.8) is 0 Å². The molecule has 0 radical (unpaired) electrons. The van der Waals surface area contributed by atoms with Crippen LogP contribution in [0.1, 0.15) is 29.2 Å². The van der Waals surface area contributed by atoms with Crippen molar-refractivity contribution in [2.75, 3.05) is 14.2 Å². The van der Waals surface area contributed by atoms with E-state index >= 15 is 0 Å². The highest BCUT2D eigenvalue weighted by Crippen LogP contribution is 2.32. The van der Waals surface area contributed by atoms with Gasteiger partial charge in [-0.2, -0.15) is 5.10 Å². The second-order valence-electron chi connectivity index (χ2n) is 7.62. The van der Waals surface area contributed by atoms with Gasteiger partial charge < -0.3 is 9.47 Å². The molecule has 1 amide bonds. The maximum Gasteiger partial charge on any atom is 0.242 e. The number of aryl methyl sites for hydroxylation is 1. The lowest BCUT2D eigenvalue weighted by molar-refractivity contribution is -0.121. The number of hydrogen-bond donors (Lipinski definition) is 2. The molecule has 0 aromatic heterocycles. The molecule has 0 saturated heterocycles. The molecule has 0 aliphatic carbocycles. The van der Waals surface area contributed by atoms with E-state index in [2.05, 4.69) is 31.2 Å². The summed E-state index contributed by atoms with van der Waals surface area (Å²) >= 11 is 3.41. The normalized spacial score (nSPS) is 12.3. The summed E-state index contributed by atoms with van der Waals surface area (Å²) in [6, 6.07) is 18.1. The fourth-order valence-electron chi connectivity index (χ4n) is 3.27. The van der Waals surface area contributed by atoms with Crippen LogP contribution >= 0.6 is 15.9 Å². The van der Waals surface area contributed by atoms with Crippen LogP contribution in [0.4, 0.5) is 0 Å². The Morgan fingerprint density at radius 2 is 1.69 bits per heavy atom. The van der Waals surface area contributed by atoms with Crippen LogP contribution in [0, 0.1) is 6.92 Å². The molecule has 0 aliphatic heterocycles. The summed E-state index contributed by atoms with van der Waals surface area (Å²) in [7, 11) is -0.793. The number of ether oxygens (including phenoxy) is 2. The Morgan fingerprint density at radius 3 is 2.31 bits per heavy atom. The first-order valence-corrected chi connectivity index (χ1v) is 12.9. The highest BCUT2D eigenvalue weighted by atomic mass is 79.9. The minimum absolute atomic E-state index is 0.125. The van der Waals surface area contributed by atoms with E-state index in [4.69, 9.17) is 9.47 Å². The van der Waals surface area contributed by atoms with Crippen LogP contribution in [0.3, 0.4) is 0 Å². The van der Waals surface area contributed by atoms with E-state index in [1.165, 1.54) is 25.5 Å². The minimum Gasteiger partial charge on any atom is -0.496 e. The topological polar surface area (TPSA) is 106 Å². The first-order chi connectivity index (χ1) is 16.7. The summed E-state index contributed by atoms with van der Waals surface area (Å²) in [5.41, 5.74) is 4.67. The van der Waals surface area contributed by atoms with Crippen molar-refractivity contribution in [3.8, 4) is 11.5 Å². The highest BCUT2D eigenvalue weighted by Gasteiger charge is 2.23. The average Bonchev–Trinajstić information content (AvgIpc) is 2.84. The summed E-state index contributed by atoms with van der Waals surface area (Å²) in [6.07, 6.45) is 1.28. The molecule has 3 rings (SSSR count). The Bertz CT molecular complexity index is 1300. The highest BCUT2D eigenvalue weighted by molar-refractivity contribution is 9.10. The lowest BCUT2D eigenvalue weighted by Crippen LogP contribution is -2.32. The number of nitrogens with zero attached hydrogens (tertiary/aromatic N) is 1. The third-order valence-electron chi connectivity index (χ3n) is 5.12. The Hall–Kier alpha value is -3.21. The fraction of sp³-hybridized carbons (Fsp3) is 0.200. The molecule has 184 valence electrons. The van der Waals surface area contributed by atoms with Gasteiger partial charge in [0.2, 0.25) is 15.9 Å². The largest absolute Gasteiger partial charge is 0.496 e. The van der Waals surface area contributed by atoms with Crippen LogP contribution < -0.4 is 19.6 Å². The molecule has 0 saturated carbocycles. The zero-order valence-electron chi connectivity index (χ0n) is 19.5. The smallest absolute Gasteiger partial charge is 0.242 e. The van der Waals surface area contributed by atoms with Crippen molar-refractivity contribution in [3.05, 3.63) is 87.9 Å². The fourth-order valence-corrected chi connectivity index (χ4v) is 5.02. The molecular weight excluding hydrogens is 534 g/mol. The molecule has 0 fully saturated rings.